The number of nitrogens with zero attached hydrogens (tertiary/aromatic N) is 4. The summed E-state index contributed by atoms with van der Waals surface area (Å²) < 4.78 is 3.43. The van der Waals surface area contributed by atoms with Gasteiger partial charge >= 0.3 is 5.69 Å². The van der Waals surface area contributed by atoms with Gasteiger partial charge in [0.05, 0.1) is 23.4 Å². The van der Waals surface area contributed by atoms with Crippen molar-refractivity contribution in [2.75, 3.05) is 0 Å². The maximum Gasteiger partial charge on any atom is 0.306 e. The van der Waals surface area contributed by atoms with Crippen LogP contribution in [-0.4, -0.2) is 25.2 Å². The van der Waals surface area contributed by atoms with Crippen LogP contribution in [0.4, 0.5) is 5.69 Å². The number of aromatic nitrogens is 3. The molecule has 0 spiro atoms. The first-order valence-corrected chi connectivity index (χ1v) is 8.64. The molecule has 1 amide bonds. The second-order valence-corrected chi connectivity index (χ2v) is 6.49. The van der Waals surface area contributed by atoms with Crippen LogP contribution in [0.15, 0.2) is 61.2 Å². The molecule has 1 aromatic carbocycles. The third-order valence-corrected chi connectivity index (χ3v) is 4.39. The molecule has 3 aromatic rings. The van der Waals surface area contributed by atoms with Crippen LogP contribution in [0.5, 0.6) is 0 Å². The van der Waals surface area contributed by atoms with Gasteiger partial charge in [-0.15, -0.1) is 0 Å². The molecule has 2 atom stereocenters. The first-order chi connectivity index (χ1) is 12.9. The molecule has 140 valence electrons. The lowest BCUT2D eigenvalue weighted by molar-refractivity contribution is -0.385. The SMILES string of the molecule is CC(Cn1cc([N+](=O)[O-])cn1)C(=O)NC(C)c1ccc(-n2cccc2)cc1. The Morgan fingerprint density at radius 3 is 2.48 bits per heavy atom. The molecule has 3 rings (SSSR count). The zero-order chi connectivity index (χ0) is 19.4. The highest BCUT2D eigenvalue weighted by Gasteiger charge is 2.18. The van der Waals surface area contributed by atoms with Crippen molar-refractivity contribution in [1.82, 2.24) is 19.7 Å². The van der Waals surface area contributed by atoms with Crippen LogP contribution in [0, 0.1) is 16.0 Å². The van der Waals surface area contributed by atoms with E-state index in [9.17, 15) is 14.9 Å². The van der Waals surface area contributed by atoms with Crippen molar-refractivity contribution in [3.63, 3.8) is 0 Å². The maximum absolute atomic E-state index is 12.4. The Balaban J connectivity index is 1.58. The van der Waals surface area contributed by atoms with E-state index in [4.69, 9.17) is 0 Å². The van der Waals surface area contributed by atoms with E-state index in [0.717, 1.165) is 11.3 Å². The topological polar surface area (TPSA) is 95.0 Å². The summed E-state index contributed by atoms with van der Waals surface area (Å²) in [5.74, 6) is -0.499. The number of nitrogens with one attached hydrogen (secondary N) is 1. The van der Waals surface area contributed by atoms with Crippen molar-refractivity contribution in [2.45, 2.75) is 26.4 Å². The van der Waals surface area contributed by atoms with Crippen LogP contribution in [-0.2, 0) is 11.3 Å². The van der Waals surface area contributed by atoms with E-state index in [1.54, 1.807) is 6.92 Å². The highest BCUT2D eigenvalue weighted by molar-refractivity contribution is 5.78. The van der Waals surface area contributed by atoms with Gasteiger partial charge in [-0.25, -0.2) is 0 Å². The molecule has 0 aliphatic heterocycles. The Labute approximate surface area is 156 Å². The molecule has 2 heterocycles. The zero-order valence-electron chi connectivity index (χ0n) is 15.1. The minimum atomic E-state index is -0.506. The molecule has 0 saturated carbocycles. The summed E-state index contributed by atoms with van der Waals surface area (Å²) in [7, 11) is 0. The zero-order valence-corrected chi connectivity index (χ0v) is 15.1. The van der Waals surface area contributed by atoms with Crippen molar-refractivity contribution < 1.29 is 9.72 Å². The number of rotatable bonds is 7. The number of carbonyl (C=O) groups is 1. The van der Waals surface area contributed by atoms with Gasteiger partial charge in [0.25, 0.3) is 0 Å². The number of amides is 1. The maximum atomic E-state index is 12.4. The Hall–Kier alpha value is -3.42. The van der Waals surface area contributed by atoms with Gasteiger partial charge < -0.3 is 9.88 Å². The Bertz CT molecular complexity index is 915. The summed E-state index contributed by atoms with van der Waals surface area (Å²) in [5.41, 5.74) is 1.97. The van der Waals surface area contributed by atoms with E-state index in [2.05, 4.69) is 10.4 Å². The van der Waals surface area contributed by atoms with E-state index < -0.39 is 4.92 Å². The van der Waals surface area contributed by atoms with Crippen LogP contribution in [0.25, 0.3) is 5.69 Å². The Kier molecular flexibility index (Phi) is 5.35. The van der Waals surface area contributed by atoms with Gasteiger partial charge in [-0.2, -0.15) is 5.10 Å². The molecular formula is C19H21N5O3. The van der Waals surface area contributed by atoms with Crippen LogP contribution >= 0.6 is 0 Å². The van der Waals surface area contributed by atoms with Crippen molar-refractivity contribution >= 4 is 11.6 Å². The number of carbonyl (C=O) groups excluding carboxylic acids is 1. The third kappa shape index (κ3) is 4.41. The minimum Gasteiger partial charge on any atom is -0.349 e. The lowest BCUT2D eigenvalue weighted by Crippen LogP contribution is -2.33. The lowest BCUT2D eigenvalue weighted by atomic mass is 10.1. The molecular weight excluding hydrogens is 346 g/mol. The van der Waals surface area contributed by atoms with Crippen LogP contribution < -0.4 is 5.32 Å². The average molecular weight is 367 g/mol. The summed E-state index contributed by atoms with van der Waals surface area (Å²) in [4.78, 5) is 22.6. The Morgan fingerprint density at radius 2 is 1.89 bits per heavy atom. The fourth-order valence-corrected chi connectivity index (χ4v) is 2.79. The quantitative estimate of drug-likeness (QED) is 0.513. The van der Waals surface area contributed by atoms with Crippen LogP contribution in [0.1, 0.15) is 25.5 Å². The normalized spacial score (nSPS) is 13.1. The second-order valence-electron chi connectivity index (χ2n) is 6.49. The first kappa shape index (κ1) is 18.4. The summed E-state index contributed by atoms with van der Waals surface area (Å²) in [6.45, 7) is 3.97. The number of hydrogen-bond donors (Lipinski definition) is 1. The molecule has 2 aromatic heterocycles. The van der Waals surface area contributed by atoms with Gasteiger partial charge in [-0.05, 0) is 36.8 Å². The largest absolute Gasteiger partial charge is 0.349 e. The molecule has 8 heteroatoms. The van der Waals surface area contributed by atoms with Gasteiger partial charge in [0.2, 0.25) is 5.91 Å². The summed E-state index contributed by atoms with van der Waals surface area (Å²) in [6, 6.07) is 11.8. The highest BCUT2D eigenvalue weighted by atomic mass is 16.6. The summed E-state index contributed by atoms with van der Waals surface area (Å²) >= 11 is 0. The van der Waals surface area contributed by atoms with Gasteiger partial charge in [0.15, 0.2) is 0 Å². The number of nitro groups is 1. The fraction of sp³-hybridized carbons (Fsp3) is 0.263. The van der Waals surface area contributed by atoms with Gasteiger partial charge in [-0.1, -0.05) is 19.1 Å². The first-order valence-electron chi connectivity index (χ1n) is 8.64. The van der Waals surface area contributed by atoms with E-state index in [-0.39, 0.29) is 30.1 Å². The predicted octanol–water partition coefficient (Wildman–Crippen LogP) is 3.10. The number of hydrogen-bond acceptors (Lipinski definition) is 4. The number of benzene rings is 1. The van der Waals surface area contributed by atoms with Gasteiger partial charge in [0.1, 0.15) is 12.4 Å². The van der Waals surface area contributed by atoms with Crippen molar-refractivity contribution in [1.29, 1.82) is 0 Å². The molecule has 27 heavy (non-hydrogen) atoms. The third-order valence-electron chi connectivity index (χ3n) is 4.39. The standard InChI is InChI=1S/C19H21N5O3/c1-14(12-23-13-18(11-20-23)24(26)27)19(25)21-15(2)16-5-7-17(8-6-16)22-9-3-4-10-22/h3-11,13-15H,12H2,1-2H3,(H,21,25). The fourth-order valence-electron chi connectivity index (χ4n) is 2.79. The highest BCUT2D eigenvalue weighted by Crippen LogP contribution is 2.17. The predicted molar refractivity (Wildman–Crippen MR) is 100 cm³/mol. The monoisotopic (exact) mass is 367 g/mol. The van der Waals surface area contributed by atoms with Crippen LogP contribution in [0.2, 0.25) is 0 Å². The van der Waals surface area contributed by atoms with Gasteiger partial charge in [-0.3, -0.25) is 19.6 Å². The average Bonchev–Trinajstić information content (AvgIpc) is 3.33. The van der Waals surface area contributed by atoms with Crippen molar-refractivity contribution in [2.24, 2.45) is 5.92 Å². The molecule has 0 fully saturated rings. The lowest BCUT2D eigenvalue weighted by Gasteiger charge is -2.18. The van der Waals surface area contributed by atoms with E-state index in [1.165, 1.54) is 17.1 Å². The van der Waals surface area contributed by atoms with E-state index in [0.29, 0.717) is 0 Å². The summed E-state index contributed by atoms with van der Waals surface area (Å²) in [5, 5.41) is 17.6. The van der Waals surface area contributed by atoms with Crippen LogP contribution in [0.3, 0.4) is 0 Å². The molecule has 0 aliphatic rings. The van der Waals surface area contributed by atoms with E-state index >= 15 is 0 Å². The Morgan fingerprint density at radius 1 is 1.22 bits per heavy atom. The molecule has 0 bridgehead atoms. The van der Waals surface area contributed by atoms with E-state index in [1.807, 2.05) is 60.3 Å². The molecule has 0 aliphatic carbocycles. The summed E-state index contributed by atoms with van der Waals surface area (Å²) in [6.07, 6.45) is 6.45. The smallest absolute Gasteiger partial charge is 0.306 e. The minimum absolute atomic E-state index is 0.0845. The second kappa shape index (κ2) is 7.86. The van der Waals surface area contributed by atoms with Crippen molar-refractivity contribution in [3.8, 4) is 5.69 Å². The molecule has 0 saturated heterocycles. The van der Waals surface area contributed by atoms with Crippen molar-refractivity contribution in [3.05, 3.63) is 76.9 Å². The molecule has 8 nitrogen and oxygen atoms in total. The molecule has 1 N–H and O–H groups in total. The molecule has 2 unspecified atom stereocenters. The molecule has 0 radical (unpaired) electrons. The van der Waals surface area contributed by atoms with Gasteiger partial charge in [0, 0.05) is 18.1 Å².